The number of carbonyl (C=O) groups excluding carboxylic acids is 1. The first-order valence-electron chi connectivity index (χ1n) is 14.3. The number of hydrogen-bond donors (Lipinski definition) is 2. The molecule has 3 aliphatic rings. The highest BCUT2D eigenvalue weighted by atomic mass is 32.2. The zero-order valence-corrected chi connectivity index (χ0v) is 24.3. The number of carbonyl (C=O) groups is 2. The van der Waals surface area contributed by atoms with Gasteiger partial charge in [0.2, 0.25) is 5.91 Å². The quantitative estimate of drug-likeness (QED) is 0.377. The summed E-state index contributed by atoms with van der Waals surface area (Å²) in [6, 6.07) is 18.7. The van der Waals surface area contributed by atoms with Crippen molar-refractivity contribution in [3.63, 3.8) is 0 Å². The Morgan fingerprint density at radius 1 is 1.02 bits per heavy atom. The van der Waals surface area contributed by atoms with Crippen LogP contribution >= 0.6 is 11.8 Å². The van der Waals surface area contributed by atoms with Crippen LogP contribution in [0.25, 0.3) is 5.69 Å². The molecule has 1 aromatic heterocycles. The molecule has 2 aromatic carbocycles. The van der Waals surface area contributed by atoms with Gasteiger partial charge in [-0.15, -0.1) is 0 Å². The van der Waals surface area contributed by atoms with E-state index in [1.807, 2.05) is 35.2 Å². The van der Waals surface area contributed by atoms with Crippen LogP contribution in [0.1, 0.15) is 48.1 Å². The molecule has 43 heavy (non-hydrogen) atoms. The second kappa shape index (κ2) is 13.3. The third-order valence-corrected chi connectivity index (χ3v) is 9.25. The molecule has 12 heteroatoms. The van der Waals surface area contributed by atoms with Gasteiger partial charge in [0, 0.05) is 37.2 Å². The number of alkyl halides is 3. The smallest absolute Gasteiger partial charge is 0.475 e. The van der Waals surface area contributed by atoms with Crippen molar-refractivity contribution in [2.24, 2.45) is 0 Å². The van der Waals surface area contributed by atoms with Crippen molar-refractivity contribution in [3.05, 3.63) is 87.3 Å². The average Bonchev–Trinajstić information content (AvgIpc) is 3.38. The van der Waals surface area contributed by atoms with Crippen molar-refractivity contribution in [2.45, 2.75) is 74.1 Å². The molecule has 1 fully saturated rings. The Labute approximate surface area is 251 Å². The largest absolute Gasteiger partial charge is 0.490 e. The molecule has 0 bridgehead atoms. The fourth-order valence-electron chi connectivity index (χ4n) is 5.43. The number of fused-ring (bicyclic) bond motifs is 2. The summed E-state index contributed by atoms with van der Waals surface area (Å²) in [6.45, 7) is 1.62. The van der Waals surface area contributed by atoms with Crippen molar-refractivity contribution in [1.29, 1.82) is 0 Å². The fourth-order valence-corrected chi connectivity index (χ4v) is 6.76. The van der Waals surface area contributed by atoms with Crippen LogP contribution in [0.2, 0.25) is 0 Å². The van der Waals surface area contributed by atoms with Crippen molar-refractivity contribution < 1.29 is 27.9 Å². The Morgan fingerprint density at radius 2 is 1.65 bits per heavy atom. The molecule has 0 atom stereocenters. The van der Waals surface area contributed by atoms with E-state index in [2.05, 4.69) is 29.6 Å². The Balaban J connectivity index is 0.000000472. The first kappa shape index (κ1) is 30.8. The van der Waals surface area contributed by atoms with E-state index in [0.717, 1.165) is 29.4 Å². The molecule has 1 aliphatic heterocycles. The molecule has 0 spiro atoms. The maximum Gasteiger partial charge on any atom is 0.490 e. The van der Waals surface area contributed by atoms with Gasteiger partial charge in [-0.1, -0.05) is 60.6 Å². The summed E-state index contributed by atoms with van der Waals surface area (Å²) < 4.78 is 33.5. The Hall–Kier alpha value is -3.64. The normalized spacial score (nSPS) is 16.5. The Morgan fingerprint density at radius 3 is 2.23 bits per heavy atom. The molecular weight excluding hydrogens is 581 g/mol. The predicted molar refractivity (Wildman–Crippen MR) is 156 cm³/mol. The van der Waals surface area contributed by atoms with E-state index in [1.54, 1.807) is 16.3 Å². The molecule has 0 unspecified atom stereocenters. The number of amides is 1. The number of carboxylic acid groups (broad SMARTS) is 1. The molecule has 1 amide bonds. The highest BCUT2D eigenvalue weighted by Gasteiger charge is 2.38. The lowest BCUT2D eigenvalue weighted by atomic mass is 10.0. The van der Waals surface area contributed by atoms with Crippen molar-refractivity contribution in [1.82, 2.24) is 19.8 Å². The second-order valence-electron chi connectivity index (χ2n) is 10.9. The number of halogens is 3. The van der Waals surface area contributed by atoms with E-state index in [-0.39, 0.29) is 11.5 Å². The third kappa shape index (κ3) is 7.48. The molecule has 0 saturated heterocycles. The number of aromatic nitrogens is 2. The van der Waals surface area contributed by atoms with Crippen LogP contribution in [0.4, 0.5) is 13.2 Å². The molecule has 6 rings (SSSR count). The Bertz CT molecular complexity index is 1500. The zero-order chi connectivity index (χ0) is 30.6. The lowest BCUT2D eigenvalue weighted by Gasteiger charge is -2.30. The molecule has 0 radical (unpaired) electrons. The number of benzene rings is 2. The summed E-state index contributed by atoms with van der Waals surface area (Å²) in [7, 11) is 0. The fraction of sp³-hybridized carbons (Fsp3) is 0.419. The number of carboxylic acids is 1. The topological polar surface area (TPSA) is 105 Å². The van der Waals surface area contributed by atoms with Crippen molar-refractivity contribution in [3.8, 4) is 5.69 Å². The summed E-state index contributed by atoms with van der Waals surface area (Å²) in [5.74, 6) is -2.66. The van der Waals surface area contributed by atoms with Gasteiger partial charge < -0.3 is 15.3 Å². The summed E-state index contributed by atoms with van der Waals surface area (Å²) in [4.78, 5) is 42.5. The molecule has 228 valence electrons. The van der Waals surface area contributed by atoms with Crippen LogP contribution in [0.5, 0.6) is 0 Å². The minimum absolute atomic E-state index is 0.0348. The van der Waals surface area contributed by atoms with Gasteiger partial charge in [0.15, 0.2) is 5.16 Å². The molecule has 1 saturated carbocycles. The number of nitrogens with one attached hydrogen (secondary N) is 1. The summed E-state index contributed by atoms with van der Waals surface area (Å²) in [6.07, 6.45) is 1.64. The van der Waals surface area contributed by atoms with Crippen LogP contribution in [0.15, 0.2) is 64.5 Å². The number of rotatable bonds is 7. The van der Waals surface area contributed by atoms with Crippen molar-refractivity contribution in [2.75, 3.05) is 13.1 Å². The van der Waals surface area contributed by atoms with Gasteiger partial charge in [-0.25, -0.2) is 9.78 Å². The average molecular weight is 615 g/mol. The number of para-hydroxylation sites is 1. The molecule has 3 aromatic rings. The van der Waals surface area contributed by atoms with E-state index in [9.17, 15) is 22.8 Å². The third-order valence-electron chi connectivity index (χ3n) is 7.96. The highest BCUT2D eigenvalue weighted by Crippen LogP contribution is 2.36. The number of hydrogen-bond acceptors (Lipinski definition) is 6. The lowest BCUT2D eigenvalue weighted by molar-refractivity contribution is -0.192. The lowest BCUT2D eigenvalue weighted by Crippen LogP contribution is -2.42. The minimum atomic E-state index is -5.08. The van der Waals surface area contributed by atoms with E-state index in [4.69, 9.17) is 14.9 Å². The minimum Gasteiger partial charge on any atom is -0.475 e. The second-order valence-corrected chi connectivity index (χ2v) is 12.2. The van der Waals surface area contributed by atoms with Gasteiger partial charge in [-0.05, 0) is 48.9 Å². The monoisotopic (exact) mass is 614 g/mol. The Kier molecular flexibility index (Phi) is 9.55. The van der Waals surface area contributed by atoms with Crippen molar-refractivity contribution >= 4 is 23.6 Å². The molecule has 2 heterocycles. The summed E-state index contributed by atoms with van der Waals surface area (Å²) in [5.41, 5.74) is 5.14. The van der Waals surface area contributed by atoms with Gasteiger partial charge in [-0.3, -0.25) is 14.2 Å². The highest BCUT2D eigenvalue weighted by molar-refractivity contribution is 7.99. The molecular formula is C31H33F3N4O4S. The van der Waals surface area contributed by atoms with Gasteiger partial charge in [0.05, 0.1) is 23.5 Å². The number of nitrogens with zero attached hydrogens (tertiary/aromatic N) is 3. The van der Waals surface area contributed by atoms with Gasteiger partial charge in [-0.2, -0.15) is 13.2 Å². The SMILES string of the molecule is O=C(CCNC1Cc2ccccc2C1)N1CCc2nc(SC3CCC3)n(-c3ccccc3)c(=O)c2C1.O=C(O)C(F)(F)F. The zero-order valence-electron chi connectivity index (χ0n) is 23.5. The maximum absolute atomic E-state index is 13.7. The number of aliphatic carboxylic acids is 1. The first-order chi connectivity index (χ1) is 20.6. The van der Waals surface area contributed by atoms with Gasteiger partial charge >= 0.3 is 12.1 Å². The summed E-state index contributed by atoms with van der Waals surface area (Å²) >= 11 is 1.73. The van der Waals surface area contributed by atoms with E-state index in [1.165, 1.54) is 30.4 Å². The first-order valence-corrected chi connectivity index (χ1v) is 15.2. The van der Waals surface area contributed by atoms with E-state index < -0.39 is 12.1 Å². The van der Waals surface area contributed by atoms with Crippen LogP contribution < -0.4 is 10.9 Å². The van der Waals surface area contributed by atoms with Crippen LogP contribution in [-0.2, 0) is 35.4 Å². The maximum atomic E-state index is 13.7. The predicted octanol–water partition coefficient (Wildman–Crippen LogP) is 4.54. The van der Waals surface area contributed by atoms with E-state index in [0.29, 0.717) is 49.3 Å². The number of thioether (sulfide) groups is 1. The molecule has 8 nitrogen and oxygen atoms in total. The van der Waals surface area contributed by atoms with Crippen LogP contribution in [0.3, 0.4) is 0 Å². The van der Waals surface area contributed by atoms with E-state index >= 15 is 0 Å². The molecule has 2 N–H and O–H groups in total. The van der Waals surface area contributed by atoms with Gasteiger partial charge in [0.25, 0.3) is 5.56 Å². The van der Waals surface area contributed by atoms with Crippen LogP contribution in [-0.4, -0.2) is 62.0 Å². The van der Waals surface area contributed by atoms with Crippen LogP contribution in [0, 0.1) is 0 Å². The molecule has 2 aliphatic carbocycles. The standard InChI is InChI=1S/C29H32N4O2S.C2HF3O2/c34-27(13-15-30-22-17-20-7-4-5-8-21(20)18-22)32-16-14-26-25(19-32)28(35)33(23-9-2-1-3-10-23)29(31-26)36-24-11-6-12-24;3-2(4,5)1(6)7/h1-5,7-10,22,24,30H,6,11-19H2;(H,6,7). The summed E-state index contributed by atoms with van der Waals surface area (Å²) in [5, 5.41) is 12.0. The van der Waals surface area contributed by atoms with Gasteiger partial charge in [0.1, 0.15) is 0 Å².